The van der Waals surface area contributed by atoms with Gasteiger partial charge in [0, 0.05) is 12.6 Å². The van der Waals surface area contributed by atoms with Crippen molar-refractivity contribution in [3.8, 4) is 0 Å². The van der Waals surface area contributed by atoms with Gasteiger partial charge in [0.15, 0.2) is 0 Å². The van der Waals surface area contributed by atoms with Crippen LogP contribution in [-0.4, -0.2) is 59.0 Å². The SMILES string of the molecule is C=CCN(C(=O)C(CCSC)NC(=O)OC(C)(C)C)C(C(=O)NC1CCCCC1)c1cccc(C)c1. The lowest BCUT2D eigenvalue weighted by Gasteiger charge is -2.35. The average molecular weight is 518 g/mol. The third kappa shape index (κ3) is 9.52. The Morgan fingerprint density at radius 2 is 1.92 bits per heavy atom. The Bertz CT molecular complexity index is 893. The highest BCUT2D eigenvalue weighted by Gasteiger charge is 2.36. The lowest BCUT2D eigenvalue weighted by atomic mass is 9.94. The zero-order valence-electron chi connectivity index (χ0n) is 22.5. The highest BCUT2D eigenvalue weighted by Crippen LogP contribution is 2.26. The minimum Gasteiger partial charge on any atom is -0.444 e. The van der Waals surface area contributed by atoms with Crippen LogP contribution < -0.4 is 10.6 Å². The van der Waals surface area contributed by atoms with E-state index in [0.717, 1.165) is 36.8 Å². The van der Waals surface area contributed by atoms with Crippen LogP contribution in [0.3, 0.4) is 0 Å². The predicted molar refractivity (Wildman–Crippen MR) is 147 cm³/mol. The van der Waals surface area contributed by atoms with Crippen molar-refractivity contribution in [2.45, 2.75) is 89.9 Å². The normalized spacial score (nSPS) is 15.9. The van der Waals surface area contributed by atoms with Crippen molar-refractivity contribution in [3.05, 3.63) is 48.0 Å². The Kier molecular flexibility index (Phi) is 11.8. The first kappa shape index (κ1) is 29.7. The van der Waals surface area contributed by atoms with Crippen molar-refractivity contribution in [2.24, 2.45) is 0 Å². The monoisotopic (exact) mass is 517 g/mol. The molecule has 1 aromatic rings. The first-order valence-corrected chi connectivity index (χ1v) is 14.2. The summed E-state index contributed by atoms with van der Waals surface area (Å²) in [6, 6.07) is 6.10. The van der Waals surface area contributed by atoms with Crippen molar-refractivity contribution in [1.29, 1.82) is 0 Å². The number of ether oxygens (including phenoxy) is 1. The molecule has 0 radical (unpaired) electrons. The molecule has 2 atom stereocenters. The second kappa shape index (κ2) is 14.3. The summed E-state index contributed by atoms with van der Waals surface area (Å²) in [4.78, 5) is 41.8. The van der Waals surface area contributed by atoms with Gasteiger partial charge in [-0.1, -0.05) is 55.2 Å². The summed E-state index contributed by atoms with van der Waals surface area (Å²) >= 11 is 1.59. The first-order chi connectivity index (χ1) is 17.1. The summed E-state index contributed by atoms with van der Waals surface area (Å²) in [5.41, 5.74) is 1.04. The van der Waals surface area contributed by atoms with Crippen LogP contribution in [0.4, 0.5) is 4.79 Å². The number of nitrogens with one attached hydrogen (secondary N) is 2. The number of amides is 3. The smallest absolute Gasteiger partial charge is 0.408 e. The predicted octanol–water partition coefficient (Wildman–Crippen LogP) is 5.15. The molecule has 0 spiro atoms. The van der Waals surface area contributed by atoms with Gasteiger partial charge in [-0.15, -0.1) is 6.58 Å². The zero-order valence-corrected chi connectivity index (χ0v) is 23.3. The van der Waals surface area contributed by atoms with Gasteiger partial charge in [0.1, 0.15) is 17.7 Å². The van der Waals surface area contributed by atoms with Gasteiger partial charge >= 0.3 is 6.09 Å². The molecule has 2 rings (SSSR count). The van der Waals surface area contributed by atoms with Crippen LogP contribution in [0.5, 0.6) is 0 Å². The van der Waals surface area contributed by atoms with Gasteiger partial charge in [0.25, 0.3) is 0 Å². The van der Waals surface area contributed by atoms with Crippen LogP contribution >= 0.6 is 11.8 Å². The molecule has 3 amide bonds. The number of aryl methyl sites for hydroxylation is 1. The summed E-state index contributed by atoms with van der Waals surface area (Å²) in [6.45, 7) is 11.3. The molecular formula is C28H43N3O4S. The van der Waals surface area contributed by atoms with Gasteiger partial charge in [-0.3, -0.25) is 9.59 Å². The molecule has 8 heteroatoms. The number of thioether (sulfide) groups is 1. The molecule has 36 heavy (non-hydrogen) atoms. The number of nitrogens with zero attached hydrogens (tertiary/aromatic N) is 1. The molecule has 0 bridgehead atoms. The first-order valence-electron chi connectivity index (χ1n) is 12.8. The summed E-state index contributed by atoms with van der Waals surface area (Å²) in [7, 11) is 0. The summed E-state index contributed by atoms with van der Waals surface area (Å²) < 4.78 is 5.42. The van der Waals surface area contributed by atoms with E-state index in [-0.39, 0.29) is 24.4 Å². The quantitative estimate of drug-likeness (QED) is 0.397. The molecule has 0 aliphatic heterocycles. The Morgan fingerprint density at radius 1 is 1.22 bits per heavy atom. The van der Waals surface area contributed by atoms with E-state index in [9.17, 15) is 14.4 Å². The minimum absolute atomic E-state index is 0.103. The van der Waals surface area contributed by atoms with Crippen LogP contribution in [0, 0.1) is 6.92 Å². The summed E-state index contributed by atoms with van der Waals surface area (Å²) in [5, 5.41) is 5.95. The fourth-order valence-electron chi connectivity index (χ4n) is 4.44. The van der Waals surface area contributed by atoms with E-state index in [1.54, 1.807) is 38.6 Å². The van der Waals surface area contributed by atoms with Crippen molar-refractivity contribution < 1.29 is 19.1 Å². The number of carbonyl (C=O) groups is 3. The number of alkyl carbamates (subject to hydrolysis) is 1. The third-order valence-corrected chi connectivity index (χ3v) is 6.72. The third-order valence-electron chi connectivity index (χ3n) is 6.08. The van der Waals surface area contributed by atoms with E-state index in [1.807, 2.05) is 37.4 Å². The van der Waals surface area contributed by atoms with Crippen LogP contribution in [0.25, 0.3) is 0 Å². The maximum Gasteiger partial charge on any atom is 0.408 e. The summed E-state index contributed by atoms with van der Waals surface area (Å²) in [5.74, 6) is 0.126. The number of hydrogen-bond donors (Lipinski definition) is 2. The standard InChI is InChI=1S/C28H43N3O4S/c1-7-17-31(26(33)23(16-18-36-6)30-27(34)35-28(3,4)5)24(21-13-11-12-20(2)19-21)25(32)29-22-14-9-8-10-15-22/h7,11-13,19,22-24H,1,8-10,14-18H2,2-6H3,(H,29,32)(H,30,34). The fourth-order valence-corrected chi connectivity index (χ4v) is 4.92. The molecule has 0 aromatic heterocycles. The maximum atomic E-state index is 14.0. The average Bonchev–Trinajstić information content (AvgIpc) is 2.80. The fraction of sp³-hybridized carbons (Fsp3) is 0.607. The van der Waals surface area contributed by atoms with E-state index >= 15 is 0 Å². The van der Waals surface area contributed by atoms with Crippen molar-refractivity contribution in [1.82, 2.24) is 15.5 Å². The van der Waals surface area contributed by atoms with Crippen LogP contribution in [0.2, 0.25) is 0 Å². The van der Waals surface area contributed by atoms with E-state index in [4.69, 9.17) is 4.74 Å². The lowest BCUT2D eigenvalue weighted by molar-refractivity contribution is -0.142. The number of benzene rings is 1. The van der Waals surface area contributed by atoms with Gasteiger partial charge < -0.3 is 20.3 Å². The molecule has 1 fully saturated rings. The van der Waals surface area contributed by atoms with Crippen LogP contribution in [-0.2, 0) is 14.3 Å². The van der Waals surface area contributed by atoms with Gasteiger partial charge in [-0.25, -0.2) is 4.79 Å². The van der Waals surface area contributed by atoms with Gasteiger partial charge in [0.05, 0.1) is 0 Å². The molecule has 0 heterocycles. The van der Waals surface area contributed by atoms with E-state index < -0.39 is 23.8 Å². The maximum absolute atomic E-state index is 14.0. The largest absolute Gasteiger partial charge is 0.444 e. The molecule has 1 saturated carbocycles. The Balaban J connectivity index is 2.40. The number of hydrogen-bond acceptors (Lipinski definition) is 5. The van der Waals surface area contributed by atoms with Crippen LogP contribution in [0.15, 0.2) is 36.9 Å². The number of carbonyl (C=O) groups excluding carboxylic acids is 3. The Labute approximate surface area is 220 Å². The Morgan fingerprint density at radius 3 is 2.50 bits per heavy atom. The topological polar surface area (TPSA) is 87.7 Å². The molecule has 200 valence electrons. The van der Waals surface area contributed by atoms with Crippen molar-refractivity contribution in [3.63, 3.8) is 0 Å². The van der Waals surface area contributed by atoms with E-state index in [2.05, 4.69) is 17.2 Å². The van der Waals surface area contributed by atoms with Crippen molar-refractivity contribution in [2.75, 3.05) is 18.6 Å². The highest BCUT2D eigenvalue weighted by molar-refractivity contribution is 7.98. The number of rotatable bonds is 11. The second-order valence-electron chi connectivity index (χ2n) is 10.4. The van der Waals surface area contributed by atoms with Gasteiger partial charge in [0.2, 0.25) is 11.8 Å². The van der Waals surface area contributed by atoms with E-state index in [1.165, 1.54) is 11.3 Å². The summed E-state index contributed by atoms with van der Waals surface area (Å²) in [6.07, 6.45) is 8.57. The molecule has 7 nitrogen and oxygen atoms in total. The molecule has 1 aromatic carbocycles. The Hall–Kier alpha value is -2.48. The van der Waals surface area contributed by atoms with E-state index in [0.29, 0.717) is 12.2 Å². The van der Waals surface area contributed by atoms with Crippen molar-refractivity contribution >= 4 is 29.7 Å². The molecular weight excluding hydrogens is 474 g/mol. The minimum atomic E-state index is -0.838. The van der Waals surface area contributed by atoms with Gasteiger partial charge in [-0.2, -0.15) is 11.8 Å². The molecule has 1 aliphatic carbocycles. The second-order valence-corrected chi connectivity index (χ2v) is 11.4. The molecule has 2 unspecified atom stereocenters. The molecule has 0 saturated heterocycles. The van der Waals surface area contributed by atoms with Gasteiger partial charge in [-0.05, 0) is 64.5 Å². The lowest BCUT2D eigenvalue weighted by Crippen LogP contribution is -2.54. The zero-order chi connectivity index (χ0) is 26.7. The highest BCUT2D eigenvalue weighted by atomic mass is 32.2. The van der Waals surface area contributed by atoms with Crippen LogP contribution in [0.1, 0.15) is 76.5 Å². The molecule has 2 N–H and O–H groups in total. The molecule has 1 aliphatic rings.